The third-order valence-electron chi connectivity index (χ3n) is 3.62. The van der Waals surface area contributed by atoms with Crippen LogP contribution in [0.5, 0.6) is 0 Å². The van der Waals surface area contributed by atoms with Crippen LogP contribution in [0.15, 0.2) is 24.3 Å². The predicted molar refractivity (Wildman–Crippen MR) is 84.3 cm³/mol. The first-order chi connectivity index (χ1) is 9.95. The molecule has 21 heavy (non-hydrogen) atoms. The Morgan fingerprint density at radius 2 is 1.90 bits per heavy atom. The normalized spacial score (nSPS) is 16.7. The highest BCUT2D eigenvalue weighted by Crippen LogP contribution is 2.12. The zero-order valence-corrected chi connectivity index (χ0v) is 12.9. The molecule has 0 bridgehead atoms. The number of nitrogens with two attached hydrogens (primary N) is 1. The van der Waals surface area contributed by atoms with Gasteiger partial charge in [0.2, 0.25) is 5.91 Å². The number of rotatable bonds is 5. The number of nitrogens with one attached hydrogen (secondary N) is 1. The van der Waals surface area contributed by atoms with E-state index in [-0.39, 0.29) is 5.91 Å². The molecule has 116 valence electrons. The van der Waals surface area contributed by atoms with E-state index in [1.807, 2.05) is 12.1 Å². The first-order valence-corrected chi connectivity index (χ1v) is 7.44. The van der Waals surface area contributed by atoms with Crippen molar-refractivity contribution in [3.63, 3.8) is 0 Å². The summed E-state index contributed by atoms with van der Waals surface area (Å²) in [5.41, 5.74) is 6.95. The van der Waals surface area contributed by atoms with E-state index in [1.165, 1.54) is 5.56 Å². The maximum absolute atomic E-state index is 11.8. The summed E-state index contributed by atoms with van der Waals surface area (Å²) in [7, 11) is 0. The molecule has 1 aliphatic rings. The maximum Gasteiger partial charge on any atom is 0.243 e. The number of amides is 1. The molecule has 0 atom stereocenters. The van der Waals surface area contributed by atoms with Gasteiger partial charge >= 0.3 is 0 Å². The molecule has 1 heterocycles. The summed E-state index contributed by atoms with van der Waals surface area (Å²) < 4.78 is 5.34. The molecular weight excluding hydrogens is 266 g/mol. The minimum absolute atomic E-state index is 0.177. The third kappa shape index (κ3) is 5.12. The fourth-order valence-electron chi connectivity index (χ4n) is 2.16. The van der Waals surface area contributed by atoms with Crippen LogP contribution in [-0.4, -0.2) is 49.2 Å². The Bertz CT molecular complexity index is 459. The molecule has 3 N–H and O–H groups in total. The third-order valence-corrected chi connectivity index (χ3v) is 3.62. The monoisotopic (exact) mass is 291 g/mol. The topological polar surface area (TPSA) is 67.6 Å². The van der Waals surface area contributed by atoms with Crippen molar-refractivity contribution in [2.24, 2.45) is 5.73 Å². The van der Waals surface area contributed by atoms with Gasteiger partial charge in [-0.3, -0.25) is 9.69 Å². The summed E-state index contributed by atoms with van der Waals surface area (Å²) in [6.45, 7) is 8.13. The zero-order chi connectivity index (χ0) is 15.3. The molecule has 0 aliphatic carbocycles. The molecule has 1 aliphatic heterocycles. The van der Waals surface area contributed by atoms with Gasteiger partial charge < -0.3 is 15.8 Å². The minimum Gasteiger partial charge on any atom is -0.379 e. The van der Waals surface area contributed by atoms with E-state index in [0.29, 0.717) is 0 Å². The van der Waals surface area contributed by atoms with E-state index in [4.69, 9.17) is 10.5 Å². The lowest BCUT2D eigenvalue weighted by molar-refractivity contribution is -0.120. The molecule has 1 fully saturated rings. The van der Waals surface area contributed by atoms with Gasteiger partial charge in [0, 0.05) is 25.3 Å². The molecule has 2 rings (SSSR count). The minimum atomic E-state index is -0.866. The van der Waals surface area contributed by atoms with E-state index < -0.39 is 5.54 Å². The number of carbonyl (C=O) groups is 1. The molecule has 5 heteroatoms. The van der Waals surface area contributed by atoms with Crippen LogP contribution < -0.4 is 11.1 Å². The van der Waals surface area contributed by atoms with Gasteiger partial charge in [-0.1, -0.05) is 12.1 Å². The molecule has 0 saturated carbocycles. The number of hydrogen-bond acceptors (Lipinski definition) is 4. The first kappa shape index (κ1) is 15.9. The number of hydrogen-bond donors (Lipinski definition) is 2. The van der Waals surface area contributed by atoms with Crippen LogP contribution >= 0.6 is 0 Å². The van der Waals surface area contributed by atoms with Gasteiger partial charge in [0.15, 0.2) is 0 Å². The molecule has 0 unspecified atom stereocenters. The van der Waals surface area contributed by atoms with E-state index >= 15 is 0 Å². The van der Waals surface area contributed by atoms with Gasteiger partial charge in [0.1, 0.15) is 0 Å². The number of nitrogens with zero attached hydrogens (tertiary/aromatic N) is 1. The Kier molecular flexibility index (Phi) is 5.33. The molecule has 1 amide bonds. The molecule has 1 aromatic carbocycles. The molecule has 1 aromatic rings. The van der Waals surface area contributed by atoms with Crippen molar-refractivity contribution in [3.8, 4) is 0 Å². The highest BCUT2D eigenvalue weighted by atomic mass is 16.5. The molecule has 5 nitrogen and oxygen atoms in total. The Morgan fingerprint density at radius 1 is 1.29 bits per heavy atom. The summed E-state index contributed by atoms with van der Waals surface area (Å²) in [6.07, 6.45) is 1.01. The van der Waals surface area contributed by atoms with E-state index in [1.54, 1.807) is 13.8 Å². The standard InChI is InChI=1S/C16H25N3O2/c1-16(2,17)15(20)18-14-5-3-13(4-6-14)7-8-19-9-11-21-12-10-19/h3-6H,7-12,17H2,1-2H3,(H,18,20). The van der Waals surface area contributed by atoms with Crippen molar-refractivity contribution in [1.82, 2.24) is 4.90 Å². The van der Waals surface area contributed by atoms with Crippen molar-refractivity contribution < 1.29 is 9.53 Å². The van der Waals surface area contributed by atoms with Gasteiger partial charge in [0.25, 0.3) is 0 Å². The Labute approximate surface area is 126 Å². The van der Waals surface area contributed by atoms with Gasteiger partial charge in [-0.25, -0.2) is 0 Å². The van der Waals surface area contributed by atoms with Gasteiger partial charge in [-0.2, -0.15) is 0 Å². The van der Waals surface area contributed by atoms with Gasteiger partial charge in [-0.15, -0.1) is 0 Å². The van der Waals surface area contributed by atoms with Gasteiger partial charge in [-0.05, 0) is 38.0 Å². The van der Waals surface area contributed by atoms with E-state index in [0.717, 1.165) is 45.0 Å². The van der Waals surface area contributed by atoms with Crippen molar-refractivity contribution in [2.45, 2.75) is 25.8 Å². The van der Waals surface area contributed by atoms with Crippen LogP contribution in [0, 0.1) is 0 Å². The summed E-state index contributed by atoms with van der Waals surface area (Å²) in [5, 5.41) is 2.82. The van der Waals surface area contributed by atoms with Crippen molar-refractivity contribution in [2.75, 3.05) is 38.2 Å². The lowest BCUT2D eigenvalue weighted by Gasteiger charge is -2.26. The van der Waals surface area contributed by atoms with Crippen molar-refractivity contribution in [1.29, 1.82) is 0 Å². The maximum atomic E-state index is 11.8. The Balaban J connectivity index is 1.82. The fourth-order valence-corrected chi connectivity index (χ4v) is 2.16. The van der Waals surface area contributed by atoms with Crippen molar-refractivity contribution >= 4 is 11.6 Å². The summed E-state index contributed by atoms with van der Waals surface area (Å²) >= 11 is 0. The smallest absolute Gasteiger partial charge is 0.243 e. The zero-order valence-electron chi connectivity index (χ0n) is 12.9. The van der Waals surface area contributed by atoms with Crippen LogP contribution in [0.4, 0.5) is 5.69 Å². The van der Waals surface area contributed by atoms with Crippen LogP contribution in [0.2, 0.25) is 0 Å². The van der Waals surface area contributed by atoms with E-state index in [2.05, 4.69) is 22.3 Å². The molecule has 1 saturated heterocycles. The molecular formula is C16H25N3O2. The number of carbonyl (C=O) groups excluding carboxylic acids is 1. The second kappa shape index (κ2) is 7.02. The largest absolute Gasteiger partial charge is 0.379 e. The number of anilines is 1. The molecule has 0 aromatic heterocycles. The Hall–Kier alpha value is -1.43. The van der Waals surface area contributed by atoms with E-state index in [9.17, 15) is 4.79 Å². The number of benzene rings is 1. The summed E-state index contributed by atoms with van der Waals surface area (Å²) in [6, 6.07) is 7.97. The summed E-state index contributed by atoms with van der Waals surface area (Å²) in [4.78, 5) is 14.2. The number of morpholine rings is 1. The fraction of sp³-hybridized carbons (Fsp3) is 0.562. The second-order valence-corrected chi connectivity index (χ2v) is 6.08. The van der Waals surface area contributed by atoms with Crippen LogP contribution in [-0.2, 0) is 16.0 Å². The highest BCUT2D eigenvalue weighted by molar-refractivity contribution is 5.97. The predicted octanol–water partition coefficient (Wildman–Crippen LogP) is 1.24. The average Bonchev–Trinajstić information content (AvgIpc) is 2.46. The lowest BCUT2D eigenvalue weighted by Crippen LogP contribution is -2.45. The highest BCUT2D eigenvalue weighted by Gasteiger charge is 2.21. The number of ether oxygens (including phenoxy) is 1. The van der Waals surface area contributed by atoms with Crippen LogP contribution in [0.25, 0.3) is 0 Å². The summed E-state index contributed by atoms with van der Waals surface area (Å²) in [5.74, 6) is -0.177. The molecule has 0 radical (unpaired) electrons. The lowest BCUT2D eigenvalue weighted by atomic mass is 10.1. The van der Waals surface area contributed by atoms with Crippen LogP contribution in [0.1, 0.15) is 19.4 Å². The Morgan fingerprint density at radius 3 is 2.48 bits per heavy atom. The SMILES string of the molecule is CC(C)(N)C(=O)Nc1ccc(CCN2CCOCC2)cc1. The first-order valence-electron chi connectivity index (χ1n) is 7.44. The van der Waals surface area contributed by atoms with Gasteiger partial charge in [0.05, 0.1) is 18.8 Å². The second-order valence-electron chi connectivity index (χ2n) is 6.08. The van der Waals surface area contributed by atoms with Crippen molar-refractivity contribution in [3.05, 3.63) is 29.8 Å². The molecule has 0 spiro atoms. The quantitative estimate of drug-likeness (QED) is 0.856. The average molecular weight is 291 g/mol. The van der Waals surface area contributed by atoms with Crippen LogP contribution in [0.3, 0.4) is 0 Å².